The van der Waals surface area contributed by atoms with Crippen LogP contribution in [-0.2, 0) is 18.7 Å². The van der Waals surface area contributed by atoms with Gasteiger partial charge in [-0.05, 0) is 30.9 Å². The Morgan fingerprint density at radius 1 is 1.26 bits per heavy atom. The van der Waals surface area contributed by atoms with E-state index in [1.165, 1.54) is 5.56 Å². The van der Waals surface area contributed by atoms with Gasteiger partial charge in [0, 0.05) is 13.0 Å². The van der Waals surface area contributed by atoms with Crippen LogP contribution in [0.2, 0.25) is 0 Å². The molecule has 5 heteroatoms. The van der Waals surface area contributed by atoms with E-state index in [9.17, 15) is 0 Å². The number of hydrogen-bond donors (Lipinski definition) is 0. The largest absolute Gasteiger partial charge is 0.497 e. The monoisotopic (exact) mass is 277 g/mol. The topological polar surface area (TPSA) is 39.9 Å². The van der Waals surface area contributed by atoms with Crippen LogP contribution in [0.5, 0.6) is 5.75 Å². The molecule has 0 N–H and O–H groups in total. The fourth-order valence-electron chi connectivity index (χ4n) is 1.92. The average Bonchev–Trinajstić information content (AvgIpc) is 2.82. The van der Waals surface area contributed by atoms with E-state index in [2.05, 4.69) is 35.4 Å². The summed E-state index contributed by atoms with van der Waals surface area (Å²) in [6, 6.07) is 8.04. The van der Waals surface area contributed by atoms with Crippen LogP contribution in [0.25, 0.3) is 0 Å². The van der Waals surface area contributed by atoms with Gasteiger partial charge in [0.05, 0.1) is 12.9 Å². The van der Waals surface area contributed by atoms with Crippen molar-refractivity contribution in [1.82, 2.24) is 14.8 Å². The minimum absolute atomic E-state index is 0.762. The number of rotatable bonds is 6. The minimum atomic E-state index is 0.762. The Morgan fingerprint density at radius 2 is 2.00 bits per heavy atom. The number of hydrogen-bond acceptors (Lipinski definition) is 4. The molecule has 1 aromatic carbocycles. The molecular weight excluding hydrogens is 258 g/mol. The predicted molar refractivity (Wildman–Crippen MR) is 78.7 cm³/mol. The number of methoxy groups -OCH3 is 1. The maximum atomic E-state index is 5.15. The molecule has 19 heavy (non-hydrogen) atoms. The van der Waals surface area contributed by atoms with Crippen LogP contribution >= 0.6 is 11.8 Å². The van der Waals surface area contributed by atoms with Crippen molar-refractivity contribution in [2.24, 2.45) is 0 Å². The molecule has 0 saturated carbocycles. The molecule has 0 radical (unpaired) electrons. The number of aromatic nitrogens is 3. The molecule has 0 aliphatic carbocycles. The molecular formula is C14H19N3OS. The molecule has 1 heterocycles. The third-order valence-corrected chi connectivity index (χ3v) is 3.43. The first-order chi connectivity index (χ1) is 9.26. The zero-order valence-electron chi connectivity index (χ0n) is 11.6. The number of nitrogens with zero attached hydrogens (tertiary/aromatic N) is 3. The van der Waals surface area contributed by atoms with Crippen molar-refractivity contribution in [1.29, 1.82) is 0 Å². The summed E-state index contributed by atoms with van der Waals surface area (Å²) in [6.07, 6.45) is 2.84. The summed E-state index contributed by atoms with van der Waals surface area (Å²) in [5.74, 6) is 3.72. The molecule has 0 spiro atoms. The lowest BCUT2D eigenvalue weighted by Gasteiger charge is -2.01. The molecule has 0 bridgehead atoms. The lowest BCUT2D eigenvalue weighted by Crippen LogP contribution is -2.02. The Bertz CT molecular complexity index is 522. The van der Waals surface area contributed by atoms with Crippen molar-refractivity contribution in [3.8, 4) is 5.75 Å². The highest BCUT2D eigenvalue weighted by Crippen LogP contribution is 2.14. The highest BCUT2D eigenvalue weighted by atomic mass is 32.2. The summed E-state index contributed by atoms with van der Waals surface area (Å²) < 4.78 is 7.14. The van der Waals surface area contributed by atoms with E-state index in [-0.39, 0.29) is 0 Å². The van der Waals surface area contributed by atoms with E-state index < -0.39 is 0 Å². The molecule has 0 unspecified atom stereocenters. The SMILES string of the molecule is CCn1nc(Cc2ccc(OC)cc2)nc1CSC. The molecule has 102 valence electrons. The van der Waals surface area contributed by atoms with Gasteiger partial charge in [-0.2, -0.15) is 16.9 Å². The van der Waals surface area contributed by atoms with Crippen LogP contribution in [0.4, 0.5) is 0 Å². The van der Waals surface area contributed by atoms with E-state index in [0.29, 0.717) is 0 Å². The van der Waals surface area contributed by atoms with E-state index in [4.69, 9.17) is 4.74 Å². The summed E-state index contributed by atoms with van der Waals surface area (Å²) in [5.41, 5.74) is 1.20. The molecule has 2 aromatic rings. The standard InChI is InChI=1S/C14H19N3OS/c1-4-17-14(10-19-3)15-13(16-17)9-11-5-7-12(18-2)8-6-11/h5-8H,4,9-10H2,1-3H3. The molecule has 1 aromatic heterocycles. The van der Waals surface area contributed by atoms with Crippen molar-refractivity contribution in [3.63, 3.8) is 0 Å². The Balaban J connectivity index is 2.13. The summed E-state index contributed by atoms with van der Waals surface area (Å²) in [7, 11) is 1.67. The van der Waals surface area contributed by atoms with Gasteiger partial charge in [0.15, 0.2) is 5.82 Å². The lowest BCUT2D eigenvalue weighted by atomic mass is 10.1. The zero-order valence-corrected chi connectivity index (χ0v) is 12.4. The first-order valence-corrected chi connectivity index (χ1v) is 7.70. The first-order valence-electron chi connectivity index (χ1n) is 6.31. The third kappa shape index (κ3) is 3.50. The third-order valence-electron chi connectivity index (χ3n) is 2.89. The normalized spacial score (nSPS) is 10.7. The van der Waals surface area contributed by atoms with Crippen LogP contribution in [-0.4, -0.2) is 28.1 Å². The highest BCUT2D eigenvalue weighted by Gasteiger charge is 2.08. The second-order valence-corrected chi connectivity index (χ2v) is 5.08. The number of benzene rings is 1. The van der Waals surface area contributed by atoms with Crippen molar-refractivity contribution in [3.05, 3.63) is 41.5 Å². The molecule has 4 nitrogen and oxygen atoms in total. The van der Waals surface area contributed by atoms with Crippen LogP contribution in [0.1, 0.15) is 24.1 Å². The van der Waals surface area contributed by atoms with Crippen molar-refractivity contribution in [2.75, 3.05) is 13.4 Å². The maximum Gasteiger partial charge on any atom is 0.155 e. The van der Waals surface area contributed by atoms with Gasteiger partial charge in [-0.15, -0.1) is 0 Å². The Kier molecular flexibility index (Phi) is 4.85. The Hall–Kier alpha value is -1.49. The minimum Gasteiger partial charge on any atom is -0.497 e. The Labute approximate surface area is 118 Å². The van der Waals surface area contributed by atoms with Gasteiger partial charge in [0.25, 0.3) is 0 Å². The fraction of sp³-hybridized carbons (Fsp3) is 0.429. The van der Waals surface area contributed by atoms with Crippen LogP contribution in [0, 0.1) is 0 Å². The van der Waals surface area contributed by atoms with Crippen LogP contribution in [0.15, 0.2) is 24.3 Å². The van der Waals surface area contributed by atoms with Gasteiger partial charge in [0.2, 0.25) is 0 Å². The number of ether oxygens (including phenoxy) is 1. The highest BCUT2D eigenvalue weighted by molar-refractivity contribution is 7.97. The molecule has 0 amide bonds. The molecule has 0 aliphatic heterocycles. The molecule has 0 atom stereocenters. The fourth-order valence-corrected chi connectivity index (χ4v) is 2.39. The van der Waals surface area contributed by atoms with E-state index >= 15 is 0 Å². The van der Waals surface area contributed by atoms with Gasteiger partial charge in [0.1, 0.15) is 11.6 Å². The Morgan fingerprint density at radius 3 is 2.58 bits per heavy atom. The average molecular weight is 277 g/mol. The van der Waals surface area contributed by atoms with Crippen molar-refractivity contribution < 1.29 is 4.74 Å². The second-order valence-electron chi connectivity index (χ2n) is 4.22. The predicted octanol–water partition coefficient (Wildman–Crippen LogP) is 2.76. The van der Waals surface area contributed by atoms with Crippen molar-refractivity contribution >= 4 is 11.8 Å². The summed E-state index contributed by atoms with van der Waals surface area (Å²) in [5, 5.41) is 4.55. The molecule has 2 rings (SSSR count). The molecule has 0 fully saturated rings. The van der Waals surface area contributed by atoms with Gasteiger partial charge in [-0.25, -0.2) is 9.67 Å². The zero-order chi connectivity index (χ0) is 13.7. The van der Waals surface area contributed by atoms with E-state index in [1.807, 2.05) is 16.8 Å². The first kappa shape index (κ1) is 13.9. The summed E-state index contributed by atoms with van der Waals surface area (Å²) in [4.78, 5) is 4.61. The summed E-state index contributed by atoms with van der Waals surface area (Å²) in [6.45, 7) is 2.96. The number of aryl methyl sites for hydroxylation is 1. The van der Waals surface area contributed by atoms with E-state index in [0.717, 1.165) is 36.1 Å². The lowest BCUT2D eigenvalue weighted by molar-refractivity contribution is 0.414. The van der Waals surface area contributed by atoms with Gasteiger partial charge < -0.3 is 4.74 Å². The van der Waals surface area contributed by atoms with Gasteiger partial charge in [-0.3, -0.25) is 0 Å². The second kappa shape index (κ2) is 6.61. The molecule has 0 saturated heterocycles. The number of thioether (sulfide) groups is 1. The smallest absolute Gasteiger partial charge is 0.155 e. The van der Waals surface area contributed by atoms with E-state index in [1.54, 1.807) is 18.9 Å². The van der Waals surface area contributed by atoms with Gasteiger partial charge >= 0.3 is 0 Å². The van der Waals surface area contributed by atoms with Gasteiger partial charge in [-0.1, -0.05) is 12.1 Å². The van der Waals surface area contributed by atoms with Crippen LogP contribution in [0.3, 0.4) is 0 Å². The van der Waals surface area contributed by atoms with Crippen LogP contribution < -0.4 is 4.74 Å². The summed E-state index contributed by atoms with van der Waals surface area (Å²) >= 11 is 1.77. The molecule has 0 aliphatic rings. The quantitative estimate of drug-likeness (QED) is 0.814. The van der Waals surface area contributed by atoms with Crippen molar-refractivity contribution in [2.45, 2.75) is 25.6 Å². The maximum absolute atomic E-state index is 5.15.